The molecule has 0 aliphatic heterocycles. The zero-order chi connectivity index (χ0) is 11.8. The van der Waals surface area contributed by atoms with Crippen molar-refractivity contribution in [3.63, 3.8) is 0 Å². The van der Waals surface area contributed by atoms with Crippen LogP contribution in [0.1, 0.15) is 0 Å². The van der Waals surface area contributed by atoms with Crippen molar-refractivity contribution in [1.82, 2.24) is 9.88 Å². The van der Waals surface area contributed by atoms with E-state index in [2.05, 4.69) is 15.2 Å². The van der Waals surface area contributed by atoms with Gasteiger partial charge in [-0.15, -0.1) is 0 Å². The first-order valence-electron chi connectivity index (χ1n) is 5.36. The Bertz CT molecular complexity index is 287. The molecule has 0 fully saturated rings. The fraction of sp³-hybridized carbons (Fsp3) is 0.545. The lowest BCUT2D eigenvalue weighted by atomic mass is 10.4. The van der Waals surface area contributed by atoms with Crippen LogP contribution in [0.2, 0.25) is 0 Å². The summed E-state index contributed by atoms with van der Waals surface area (Å²) in [5.41, 5.74) is 6.44. The van der Waals surface area contributed by atoms with Crippen molar-refractivity contribution in [3.05, 3.63) is 18.3 Å². The van der Waals surface area contributed by atoms with Gasteiger partial charge in [0.15, 0.2) is 0 Å². The number of nitrogens with two attached hydrogens (primary N) is 1. The number of rotatable bonds is 7. The first-order valence-corrected chi connectivity index (χ1v) is 5.36. The van der Waals surface area contributed by atoms with E-state index in [9.17, 15) is 0 Å². The lowest BCUT2D eigenvalue weighted by Gasteiger charge is -2.10. The maximum Gasteiger partial charge on any atom is 0.123 e. The maximum atomic E-state index is 5.48. The SMILES string of the molecule is CN(C)CCOCCNc1ccc(N)nc1. The van der Waals surface area contributed by atoms with Crippen LogP contribution >= 0.6 is 0 Å². The van der Waals surface area contributed by atoms with Crippen LogP contribution < -0.4 is 11.1 Å². The Hall–Kier alpha value is -1.33. The second kappa shape index (κ2) is 7.03. The minimum Gasteiger partial charge on any atom is -0.384 e. The highest BCUT2D eigenvalue weighted by atomic mass is 16.5. The van der Waals surface area contributed by atoms with Gasteiger partial charge >= 0.3 is 0 Å². The largest absolute Gasteiger partial charge is 0.384 e. The number of aromatic nitrogens is 1. The summed E-state index contributed by atoms with van der Waals surface area (Å²) in [5, 5.41) is 3.20. The van der Waals surface area contributed by atoms with E-state index in [-0.39, 0.29) is 0 Å². The van der Waals surface area contributed by atoms with E-state index < -0.39 is 0 Å². The minimum atomic E-state index is 0.535. The van der Waals surface area contributed by atoms with Crippen molar-refractivity contribution in [1.29, 1.82) is 0 Å². The van der Waals surface area contributed by atoms with Crippen LogP contribution in [0, 0.1) is 0 Å². The second-order valence-electron chi connectivity index (χ2n) is 3.81. The summed E-state index contributed by atoms with van der Waals surface area (Å²) in [7, 11) is 4.06. The molecule has 0 saturated heterocycles. The number of likely N-dealkylation sites (N-methyl/N-ethyl adjacent to an activating group) is 1. The number of ether oxygens (including phenoxy) is 1. The molecule has 1 rings (SSSR count). The van der Waals surface area contributed by atoms with Gasteiger partial charge in [0, 0.05) is 13.1 Å². The number of nitrogens with one attached hydrogen (secondary N) is 1. The Morgan fingerprint density at radius 2 is 2.19 bits per heavy atom. The van der Waals surface area contributed by atoms with Gasteiger partial charge in [0.2, 0.25) is 0 Å². The Labute approximate surface area is 96.6 Å². The van der Waals surface area contributed by atoms with Gasteiger partial charge in [0.25, 0.3) is 0 Å². The molecule has 0 spiro atoms. The third-order valence-corrected chi connectivity index (χ3v) is 2.04. The molecule has 0 bridgehead atoms. The fourth-order valence-corrected chi connectivity index (χ4v) is 1.13. The van der Waals surface area contributed by atoms with E-state index in [1.165, 1.54) is 0 Å². The molecule has 0 aliphatic rings. The summed E-state index contributed by atoms with van der Waals surface area (Å²) < 4.78 is 5.44. The Balaban J connectivity index is 2.05. The van der Waals surface area contributed by atoms with E-state index in [1.54, 1.807) is 12.3 Å². The van der Waals surface area contributed by atoms with E-state index in [0.29, 0.717) is 12.4 Å². The molecule has 0 aliphatic carbocycles. The number of hydrogen-bond acceptors (Lipinski definition) is 5. The summed E-state index contributed by atoms with van der Waals surface area (Å²) in [6, 6.07) is 3.68. The van der Waals surface area contributed by atoms with Crippen molar-refractivity contribution in [3.8, 4) is 0 Å². The molecule has 1 heterocycles. The summed E-state index contributed by atoms with van der Waals surface area (Å²) in [4.78, 5) is 6.08. The van der Waals surface area contributed by atoms with Gasteiger partial charge in [-0.3, -0.25) is 0 Å². The van der Waals surface area contributed by atoms with Crippen molar-refractivity contribution in [2.24, 2.45) is 0 Å². The first kappa shape index (κ1) is 12.7. The first-order chi connectivity index (χ1) is 7.68. The smallest absolute Gasteiger partial charge is 0.123 e. The predicted octanol–water partition coefficient (Wildman–Crippen LogP) is 0.654. The number of nitrogens with zero attached hydrogens (tertiary/aromatic N) is 2. The van der Waals surface area contributed by atoms with Gasteiger partial charge in [0.05, 0.1) is 25.1 Å². The highest BCUT2D eigenvalue weighted by molar-refractivity contribution is 5.45. The monoisotopic (exact) mass is 224 g/mol. The van der Waals surface area contributed by atoms with Crippen LogP contribution in [-0.2, 0) is 4.74 Å². The third-order valence-electron chi connectivity index (χ3n) is 2.04. The Kier molecular flexibility index (Phi) is 5.60. The molecular formula is C11H20N4O. The number of pyridine rings is 1. The highest BCUT2D eigenvalue weighted by Gasteiger charge is 1.93. The van der Waals surface area contributed by atoms with Crippen LogP contribution in [0.3, 0.4) is 0 Å². The number of nitrogen functional groups attached to an aromatic ring is 1. The average Bonchev–Trinajstić information content (AvgIpc) is 2.25. The van der Waals surface area contributed by atoms with Crippen LogP contribution in [0.15, 0.2) is 18.3 Å². The predicted molar refractivity (Wildman–Crippen MR) is 66.5 cm³/mol. The second-order valence-corrected chi connectivity index (χ2v) is 3.81. The summed E-state index contributed by atoms with van der Waals surface area (Å²) in [5.74, 6) is 0.535. The molecule has 5 heteroatoms. The molecule has 0 aromatic carbocycles. The molecule has 5 nitrogen and oxygen atoms in total. The van der Waals surface area contributed by atoms with Crippen molar-refractivity contribution in [2.45, 2.75) is 0 Å². The molecule has 0 unspecified atom stereocenters. The Morgan fingerprint density at radius 1 is 1.38 bits per heavy atom. The van der Waals surface area contributed by atoms with Crippen molar-refractivity contribution >= 4 is 11.5 Å². The molecule has 90 valence electrons. The molecule has 0 saturated carbocycles. The van der Waals surface area contributed by atoms with E-state index in [1.807, 2.05) is 20.2 Å². The van der Waals surface area contributed by atoms with E-state index >= 15 is 0 Å². The van der Waals surface area contributed by atoms with Crippen LogP contribution in [0.4, 0.5) is 11.5 Å². The summed E-state index contributed by atoms with van der Waals surface area (Å²) >= 11 is 0. The Morgan fingerprint density at radius 3 is 2.81 bits per heavy atom. The van der Waals surface area contributed by atoms with Gasteiger partial charge in [-0.2, -0.15) is 0 Å². The van der Waals surface area contributed by atoms with Crippen LogP contribution in [0.25, 0.3) is 0 Å². The van der Waals surface area contributed by atoms with Gasteiger partial charge in [-0.1, -0.05) is 0 Å². The van der Waals surface area contributed by atoms with Crippen LogP contribution in [0.5, 0.6) is 0 Å². The third kappa shape index (κ3) is 5.53. The lowest BCUT2D eigenvalue weighted by Crippen LogP contribution is -2.20. The minimum absolute atomic E-state index is 0.535. The molecule has 0 amide bonds. The maximum absolute atomic E-state index is 5.48. The summed E-state index contributed by atoms with van der Waals surface area (Å²) in [6.45, 7) is 3.18. The summed E-state index contributed by atoms with van der Waals surface area (Å²) in [6.07, 6.45) is 1.72. The fourth-order valence-electron chi connectivity index (χ4n) is 1.13. The molecule has 0 radical (unpaired) electrons. The van der Waals surface area contributed by atoms with Gasteiger partial charge in [0.1, 0.15) is 5.82 Å². The standard InChI is InChI=1S/C11H20N4O/c1-15(2)6-8-16-7-5-13-10-3-4-11(12)14-9-10/h3-4,9,13H,5-8H2,1-2H3,(H2,12,14). The zero-order valence-electron chi connectivity index (χ0n) is 9.94. The molecule has 3 N–H and O–H groups in total. The lowest BCUT2D eigenvalue weighted by molar-refractivity contribution is 0.126. The highest BCUT2D eigenvalue weighted by Crippen LogP contribution is 2.05. The molecule has 1 aromatic heterocycles. The molecule has 0 atom stereocenters. The number of hydrogen-bond donors (Lipinski definition) is 2. The average molecular weight is 224 g/mol. The zero-order valence-corrected chi connectivity index (χ0v) is 9.94. The van der Waals surface area contributed by atoms with E-state index in [4.69, 9.17) is 10.5 Å². The molecule has 16 heavy (non-hydrogen) atoms. The normalized spacial score (nSPS) is 10.7. The van der Waals surface area contributed by atoms with Gasteiger partial charge in [-0.05, 0) is 26.2 Å². The van der Waals surface area contributed by atoms with Crippen molar-refractivity contribution in [2.75, 3.05) is 51.4 Å². The van der Waals surface area contributed by atoms with Crippen LogP contribution in [-0.4, -0.2) is 50.3 Å². The molecule has 1 aromatic rings. The quantitative estimate of drug-likeness (QED) is 0.666. The van der Waals surface area contributed by atoms with Crippen molar-refractivity contribution < 1.29 is 4.74 Å². The molecular weight excluding hydrogens is 204 g/mol. The van der Waals surface area contributed by atoms with Gasteiger partial charge < -0.3 is 20.7 Å². The topological polar surface area (TPSA) is 63.4 Å². The number of anilines is 2. The van der Waals surface area contributed by atoms with E-state index in [0.717, 1.165) is 25.4 Å². The van der Waals surface area contributed by atoms with Gasteiger partial charge in [-0.25, -0.2) is 4.98 Å².